The summed E-state index contributed by atoms with van der Waals surface area (Å²) in [6, 6.07) is 17.7. The molecular formula is C17H14BN2+. The summed E-state index contributed by atoms with van der Waals surface area (Å²) in [4.78, 5) is 0. The van der Waals surface area contributed by atoms with Gasteiger partial charge in [-0.2, -0.15) is 0 Å². The van der Waals surface area contributed by atoms with E-state index in [1.54, 1.807) is 0 Å². The van der Waals surface area contributed by atoms with Crippen LogP contribution in [0.25, 0.3) is 0 Å². The molecule has 0 saturated carbocycles. The average molecular weight is 257 g/mol. The molecule has 0 fully saturated rings. The zero-order valence-corrected chi connectivity index (χ0v) is 11.2. The lowest BCUT2D eigenvalue weighted by Crippen LogP contribution is -2.73. The fourth-order valence-electron chi connectivity index (χ4n) is 3.81. The second kappa shape index (κ2) is 3.63. The van der Waals surface area contributed by atoms with Crippen LogP contribution in [0.4, 0.5) is 0 Å². The molecule has 0 aliphatic carbocycles. The summed E-state index contributed by atoms with van der Waals surface area (Å²) in [5, 5.41) is 0. The van der Waals surface area contributed by atoms with Crippen molar-refractivity contribution in [2.45, 2.75) is 13.1 Å². The molecule has 20 heavy (non-hydrogen) atoms. The minimum absolute atomic E-state index is 0.389. The van der Waals surface area contributed by atoms with Crippen molar-refractivity contribution in [2.75, 3.05) is 0 Å². The number of aromatic nitrogens is 2. The summed E-state index contributed by atoms with van der Waals surface area (Å²) < 4.78 is 4.81. The van der Waals surface area contributed by atoms with Crippen LogP contribution >= 0.6 is 0 Å². The van der Waals surface area contributed by atoms with Crippen LogP contribution in [0.1, 0.15) is 11.1 Å². The maximum absolute atomic E-state index is 2.41. The van der Waals surface area contributed by atoms with Gasteiger partial charge < -0.3 is 0 Å². The lowest BCUT2D eigenvalue weighted by atomic mass is 9.36. The minimum atomic E-state index is 0.389. The summed E-state index contributed by atoms with van der Waals surface area (Å²) in [6.07, 6.45) is 4.45. The SMILES string of the molecule is c1ccc2c(c1)Cn1cc[n+]3c1B2c1ccccc1C3. The van der Waals surface area contributed by atoms with E-state index in [-0.39, 0.29) is 0 Å². The number of rotatable bonds is 0. The summed E-state index contributed by atoms with van der Waals surface area (Å²) in [5.41, 5.74) is 7.27. The third-order valence-electron chi connectivity index (χ3n) is 4.69. The highest BCUT2D eigenvalue weighted by molar-refractivity contribution is 6.95. The van der Waals surface area contributed by atoms with Gasteiger partial charge in [0, 0.05) is 0 Å². The smallest absolute Gasteiger partial charge is 0.239 e. The number of hydrogen-bond donors (Lipinski definition) is 0. The van der Waals surface area contributed by atoms with E-state index in [2.05, 4.69) is 70.1 Å². The Labute approximate surface area is 118 Å². The fourth-order valence-corrected chi connectivity index (χ4v) is 3.81. The summed E-state index contributed by atoms with van der Waals surface area (Å²) in [7, 11) is 0. The van der Waals surface area contributed by atoms with Crippen molar-refractivity contribution in [1.29, 1.82) is 0 Å². The Morgan fingerprint density at radius 1 is 0.900 bits per heavy atom. The average Bonchev–Trinajstić information content (AvgIpc) is 2.90. The van der Waals surface area contributed by atoms with E-state index >= 15 is 0 Å². The van der Waals surface area contributed by atoms with Crippen LogP contribution in [0.3, 0.4) is 0 Å². The molecule has 94 valence electrons. The van der Waals surface area contributed by atoms with E-state index in [1.165, 1.54) is 27.8 Å². The van der Waals surface area contributed by atoms with Gasteiger partial charge in [0.15, 0.2) is 0 Å². The molecule has 0 amide bonds. The van der Waals surface area contributed by atoms with Crippen molar-refractivity contribution in [3.8, 4) is 0 Å². The maximum atomic E-state index is 2.41. The molecule has 2 nitrogen and oxygen atoms in total. The number of hydrogen-bond acceptors (Lipinski definition) is 0. The van der Waals surface area contributed by atoms with Crippen molar-refractivity contribution in [3.05, 3.63) is 72.1 Å². The number of nitrogens with zero attached hydrogens (tertiary/aromatic N) is 2. The standard InChI is InChI=1S/C17H14BN2/c1-3-7-15-13(5-1)11-19-9-10-20-12-14-6-2-4-8-16(14)18(15)17(19)20/h1-10H,11-12H2/q+1. The van der Waals surface area contributed by atoms with Crippen LogP contribution in [-0.4, -0.2) is 11.3 Å². The lowest BCUT2D eigenvalue weighted by molar-refractivity contribution is -0.671. The monoisotopic (exact) mass is 257 g/mol. The Kier molecular flexibility index (Phi) is 1.91. The lowest BCUT2D eigenvalue weighted by Gasteiger charge is -2.26. The first-order chi connectivity index (χ1) is 9.92. The summed E-state index contributed by atoms with van der Waals surface area (Å²) in [5.74, 6) is 0. The second-order valence-corrected chi connectivity index (χ2v) is 5.74. The van der Waals surface area contributed by atoms with Gasteiger partial charge in [-0.05, 0) is 11.1 Å². The van der Waals surface area contributed by atoms with E-state index in [9.17, 15) is 0 Å². The molecule has 0 spiro atoms. The first-order valence-electron chi connectivity index (χ1n) is 7.16. The molecule has 0 bridgehead atoms. The molecule has 3 aromatic rings. The quantitative estimate of drug-likeness (QED) is 0.273. The number of benzene rings is 2. The molecule has 0 N–H and O–H groups in total. The van der Waals surface area contributed by atoms with E-state index in [4.69, 9.17) is 0 Å². The molecule has 0 unspecified atom stereocenters. The van der Waals surface area contributed by atoms with Gasteiger partial charge in [-0.25, -0.2) is 9.13 Å². The highest BCUT2D eigenvalue weighted by atomic mass is 15.1. The molecule has 2 aromatic carbocycles. The normalized spacial score (nSPS) is 14.5. The van der Waals surface area contributed by atoms with Gasteiger partial charge in [0.05, 0.1) is 0 Å². The van der Waals surface area contributed by atoms with Gasteiger partial charge >= 0.3 is 6.71 Å². The molecular weight excluding hydrogens is 243 g/mol. The molecule has 1 aromatic heterocycles. The van der Waals surface area contributed by atoms with Crippen LogP contribution in [0, 0.1) is 0 Å². The van der Waals surface area contributed by atoms with Crippen LogP contribution in [0.2, 0.25) is 0 Å². The Morgan fingerprint density at radius 2 is 1.60 bits per heavy atom. The van der Waals surface area contributed by atoms with Crippen molar-refractivity contribution >= 4 is 23.4 Å². The predicted molar refractivity (Wildman–Crippen MR) is 80.4 cm³/mol. The van der Waals surface area contributed by atoms with Crippen molar-refractivity contribution in [3.63, 3.8) is 0 Å². The molecule has 2 aliphatic heterocycles. The van der Waals surface area contributed by atoms with Gasteiger partial charge in [0.2, 0.25) is 5.72 Å². The molecule has 0 radical (unpaired) electrons. The molecule has 0 atom stereocenters. The predicted octanol–water partition coefficient (Wildman–Crippen LogP) is 0.0152. The largest absolute Gasteiger partial charge is 0.349 e. The van der Waals surface area contributed by atoms with E-state index in [1.807, 2.05) is 0 Å². The molecule has 3 heterocycles. The van der Waals surface area contributed by atoms with Gasteiger partial charge in [-0.3, -0.25) is 0 Å². The summed E-state index contributed by atoms with van der Waals surface area (Å²) >= 11 is 0. The van der Waals surface area contributed by atoms with Crippen LogP contribution in [-0.2, 0) is 13.1 Å². The zero-order chi connectivity index (χ0) is 13.1. The van der Waals surface area contributed by atoms with E-state index < -0.39 is 0 Å². The Morgan fingerprint density at radius 3 is 2.45 bits per heavy atom. The van der Waals surface area contributed by atoms with Gasteiger partial charge in [-0.1, -0.05) is 59.5 Å². The van der Waals surface area contributed by atoms with Gasteiger partial charge in [-0.15, -0.1) is 0 Å². The molecule has 0 saturated heterocycles. The first-order valence-corrected chi connectivity index (χ1v) is 7.16. The topological polar surface area (TPSA) is 8.81 Å². The number of imidazole rings is 1. The van der Waals surface area contributed by atoms with Crippen LogP contribution in [0.15, 0.2) is 60.9 Å². The zero-order valence-electron chi connectivity index (χ0n) is 11.2. The summed E-state index contributed by atoms with van der Waals surface area (Å²) in [6.45, 7) is 2.38. The molecule has 3 heteroatoms. The molecule has 2 aliphatic rings. The fraction of sp³-hybridized carbons (Fsp3) is 0.118. The van der Waals surface area contributed by atoms with E-state index in [0.29, 0.717) is 6.71 Å². The Bertz CT molecular complexity index is 768. The Hall–Kier alpha value is -2.29. The van der Waals surface area contributed by atoms with Gasteiger partial charge in [0.1, 0.15) is 25.5 Å². The minimum Gasteiger partial charge on any atom is -0.239 e. The van der Waals surface area contributed by atoms with Crippen molar-refractivity contribution in [1.82, 2.24) is 4.57 Å². The van der Waals surface area contributed by atoms with Crippen LogP contribution in [0.5, 0.6) is 0 Å². The third-order valence-corrected chi connectivity index (χ3v) is 4.69. The van der Waals surface area contributed by atoms with Crippen LogP contribution < -0.4 is 21.2 Å². The second-order valence-electron chi connectivity index (χ2n) is 5.74. The maximum Gasteiger partial charge on any atom is 0.349 e. The first kappa shape index (κ1) is 10.5. The van der Waals surface area contributed by atoms with E-state index in [0.717, 1.165) is 13.1 Å². The van der Waals surface area contributed by atoms with Crippen molar-refractivity contribution < 1.29 is 4.57 Å². The number of fused-ring (bicyclic) bond motifs is 4. The Balaban J connectivity index is 1.87. The van der Waals surface area contributed by atoms with Gasteiger partial charge in [0.25, 0.3) is 0 Å². The van der Waals surface area contributed by atoms with Crippen molar-refractivity contribution in [2.24, 2.45) is 0 Å². The highest BCUT2D eigenvalue weighted by Gasteiger charge is 2.43. The third kappa shape index (κ3) is 1.22. The highest BCUT2D eigenvalue weighted by Crippen LogP contribution is 2.11. The molecule has 5 rings (SSSR count).